The Morgan fingerprint density at radius 3 is 2.58 bits per heavy atom. The first-order valence-electron chi connectivity index (χ1n) is 7.51. The molecule has 0 aliphatic carbocycles. The van der Waals surface area contributed by atoms with Crippen molar-refractivity contribution in [2.45, 2.75) is 25.2 Å². The van der Waals surface area contributed by atoms with Gasteiger partial charge < -0.3 is 19.8 Å². The van der Waals surface area contributed by atoms with Crippen LogP contribution in [0.25, 0.3) is 0 Å². The van der Waals surface area contributed by atoms with Crippen LogP contribution < -0.4 is 4.90 Å². The number of likely N-dealkylation sites (N-methyl/N-ethyl adjacent to an activating group) is 1. The molecular formula is C15H21F3N4O2. The van der Waals surface area contributed by atoms with Crippen molar-refractivity contribution in [1.29, 1.82) is 0 Å². The summed E-state index contributed by atoms with van der Waals surface area (Å²) in [5.41, 5.74) is -0.862. The number of aromatic nitrogens is 1. The number of hydrogen-bond donors (Lipinski definition) is 1. The fourth-order valence-corrected chi connectivity index (χ4v) is 2.71. The minimum atomic E-state index is -4.57. The molecule has 2 rings (SSSR count). The van der Waals surface area contributed by atoms with Crippen molar-refractivity contribution in [1.82, 2.24) is 14.8 Å². The highest BCUT2D eigenvalue weighted by Crippen LogP contribution is 2.31. The smallest absolute Gasteiger partial charge is 0.392 e. The highest BCUT2D eigenvalue weighted by Gasteiger charge is 2.35. The topological polar surface area (TPSA) is 59.9 Å². The normalized spacial score (nSPS) is 18.0. The maximum Gasteiger partial charge on any atom is 0.433 e. The third-order valence-electron chi connectivity index (χ3n) is 4.06. The van der Waals surface area contributed by atoms with Crippen LogP contribution in [-0.4, -0.2) is 66.2 Å². The van der Waals surface area contributed by atoms with Gasteiger partial charge in [0, 0.05) is 34.2 Å². The molecule has 24 heavy (non-hydrogen) atoms. The van der Waals surface area contributed by atoms with Gasteiger partial charge >= 0.3 is 12.2 Å². The van der Waals surface area contributed by atoms with E-state index in [1.165, 1.54) is 11.0 Å². The molecular weight excluding hydrogens is 325 g/mol. The van der Waals surface area contributed by atoms with Crippen molar-refractivity contribution >= 4 is 11.8 Å². The van der Waals surface area contributed by atoms with Crippen molar-refractivity contribution in [3.05, 3.63) is 23.4 Å². The lowest BCUT2D eigenvalue weighted by atomic mass is 10.2. The van der Waals surface area contributed by atoms with Crippen molar-refractivity contribution in [3.8, 4) is 0 Å². The second-order valence-corrected chi connectivity index (χ2v) is 6.05. The third kappa shape index (κ3) is 3.89. The summed E-state index contributed by atoms with van der Waals surface area (Å²) in [5.74, 6) is 0.169. The maximum atomic E-state index is 12.9. The Kier molecular flexibility index (Phi) is 5.22. The van der Waals surface area contributed by atoms with Gasteiger partial charge in [-0.25, -0.2) is 9.78 Å². The Morgan fingerprint density at radius 1 is 1.38 bits per heavy atom. The fourth-order valence-electron chi connectivity index (χ4n) is 2.71. The number of aliphatic hydroxyl groups excluding tert-OH is 1. The van der Waals surface area contributed by atoms with E-state index in [-0.39, 0.29) is 23.5 Å². The van der Waals surface area contributed by atoms with Crippen molar-refractivity contribution in [2.75, 3.05) is 39.1 Å². The number of anilines is 1. The minimum absolute atomic E-state index is 0.103. The molecule has 1 aromatic rings. The fraction of sp³-hybridized carbons (Fsp3) is 0.600. The number of nitrogens with zero attached hydrogens (tertiary/aromatic N) is 4. The van der Waals surface area contributed by atoms with E-state index in [1.807, 2.05) is 0 Å². The van der Waals surface area contributed by atoms with Gasteiger partial charge in [0.25, 0.3) is 0 Å². The number of urea groups is 1. The molecule has 2 heterocycles. The summed E-state index contributed by atoms with van der Waals surface area (Å²) in [5, 5.41) is 9.20. The van der Waals surface area contributed by atoms with Crippen LogP contribution in [0.4, 0.5) is 23.8 Å². The number of alkyl halides is 3. The van der Waals surface area contributed by atoms with E-state index in [9.17, 15) is 23.1 Å². The lowest BCUT2D eigenvalue weighted by Gasteiger charge is -2.28. The summed E-state index contributed by atoms with van der Waals surface area (Å²) in [6.45, 7) is 0.402. The summed E-state index contributed by atoms with van der Waals surface area (Å²) in [7, 11) is 4.97. The second-order valence-electron chi connectivity index (χ2n) is 6.05. The van der Waals surface area contributed by atoms with Crippen LogP contribution >= 0.6 is 0 Å². The molecule has 6 nitrogen and oxygen atoms in total. The van der Waals surface area contributed by atoms with Gasteiger partial charge in [-0.15, -0.1) is 0 Å². The molecule has 1 aliphatic rings. The number of carbonyl (C=O) groups excluding carboxylic acids is 1. The first kappa shape index (κ1) is 18.3. The number of aliphatic hydroxyl groups is 1. The molecule has 1 aliphatic heterocycles. The van der Waals surface area contributed by atoms with Gasteiger partial charge in [0.05, 0.1) is 12.6 Å². The van der Waals surface area contributed by atoms with Gasteiger partial charge in [0.15, 0.2) is 0 Å². The average molecular weight is 346 g/mol. The molecule has 0 bridgehead atoms. The monoisotopic (exact) mass is 346 g/mol. The zero-order chi connectivity index (χ0) is 18.1. The second kappa shape index (κ2) is 6.84. The first-order chi connectivity index (χ1) is 11.1. The number of hydrogen-bond acceptors (Lipinski definition) is 4. The highest BCUT2D eigenvalue weighted by molar-refractivity contribution is 5.74. The Hall–Kier alpha value is -2.03. The van der Waals surface area contributed by atoms with Gasteiger partial charge in [-0.3, -0.25) is 0 Å². The van der Waals surface area contributed by atoms with Crippen molar-refractivity contribution < 1.29 is 23.1 Å². The standard InChI is InChI=1S/C15H21F3N4O2/c1-20(2)14(24)21(3)11-4-5-22(8-11)13-7-10(9-23)6-12(19-13)15(16,17)18/h6-7,11,23H,4-5,8-9H2,1-3H3. The summed E-state index contributed by atoms with van der Waals surface area (Å²) >= 11 is 0. The lowest BCUT2D eigenvalue weighted by molar-refractivity contribution is -0.141. The summed E-state index contributed by atoms with van der Waals surface area (Å²) in [6.07, 6.45) is -3.93. The van der Waals surface area contributed by atoms with Crippen molar-refractivity contribution in [3.63, 3.8) is 0 Å². The van der Waals surface area contributed by atoms with Crippen LogP contribution in [0, 0.1) is 0 Å². The molecule has 0 spiro atoms. The molecule has 9 heteroatoms. The zero-order valence-corrected chi connectivity index (χ0v) is 13.8. The lowest BCUT2D eigenvalue weighted by Crippen LogP contribution is -2.44. The van der Waals surface area contributed by atoms with E-state index in [2.05, 4.69) is 4.98 Å². The van der Waals surface area contributed by atoms with Crippen molar-refractivity contribution in [2.24, 2.45) is 0 Å². The van der Waals surface area contributed by atoms with E-state index < -0.39 is 18.5 Å². The third-order valence-corrected chi connectivity index (χ3v) is 4.06. The summed E-state index contributed by atoms with van der Waals surface area (Å²) in [4.78, 5) is 20.4. The number of halogens is 3. The molecule has 2 amide bonds. The van der Waals surface area contributed by atoms with E-state index in [1.54, 1.807) is 30.9 Å². The predicted octanol–water partition coefficient (Wildman–Crippen LogP) is 1.78. The van der Waals surface area contributed by atoms with Gasteiger partial charge in [0.1, 0.15) is 11.5 Å². The number of rotatable bonds is 3. The van der Waals surface area contributed by atoms with E-state index in [0.29, 0.717) is 19.5 Å². The SMILES string of the molecule is CN(C)C(=O)N(C)C1CCN(c2cc(CO)cc(C(F)(F)F)n2)C1. The summed E-state index contributed by atoms with van der Waals surface area (Å²) < 4.78 is 38.8. The van der Waals surface area contributed by atoms with E-state index >= 15 is 0 Å². The molecule has 1 atom stereocenters. The molecule has 0 saturated carbocycles. The Bertz CT molecular complexity index is 607. The number of carbonyl (C=O) groups is 1. The highest BCUT2D eigenvalue weighted by atomic mass is 19.4. The van der Waals surface area contributed by atoms with Crippen LogP contribution in [-0.2, 0) is 12.8 Å². The van der Waals surface area contributed by atoms with Crippen LogP contribution in [0.3, 0.4) is 0 Å². The maximum absolute atomic E-state index is 12.9. The minimum Gasteiger partial charge on any atom is -0.392 e. The van der Waals surface area contributed by atoms with Gasteiger partial charge in [-0.1, -0.05) is 0 Å². The first-order valence-corrected chi connectivity index (χ1v) is 7.51. The van der Waals surface area contributed by atoms with Gasteiger partial charge in [0.2, 0.25) is 0 Å². The molecule has 1 aromatic heterocycles. The average Bonchev–Trinajstić information content (AvgIpc) is 3.01. The quantitative estimate of drug-likeness (QED) is 0.906. The Morgan fingerprint density at radius 2 is 2.04 bits per heavy atom. The van der Waals surface area contributed by atoms with Crippen LogP contribution in [0.1, 0.15) is 17.7 Å². The molecule has 1 fully saturated rings. The molecule has 1 saturated heterocycles. The number of pyridine rings is 1. The molecule has 1 unspecified atom stereocenters. The molecule has 134 valence electrons. The van der Waals surface area contributed by atoms with Crippen LogP contribution in [0.5, 0.6) is 0 Å². The molecule has 0 radical (unpaired) electrons. The number of amides is 2. The molecule has 1 N–H and O–H groups in total. The summed E-state index contributed by atoms with van der Waals surface area (Å²) in [6, 6.07) is 2.04. The largest absolute Gasteiger partial charge is 0.433 e. The van der Waals surface area contributed by atoms with Gasteiger partial charge in [-0.2, -0.15) is 13.2 Å². The van der Waals surface area contributed by atoms with E-state index in [0.717, 1.165) is 6.07 Å². The zero-order valence-electron chi connectivity index (χ0n) is 13.8. The van der Waals surface area contributed by atoms with Crippen LogP contribution in [0.2, 0.25) is 0 Å². The Balaban J connectivity index is 2.20. The van der Waals surface area contributed by atoms with Crippen LogP contribution in [0.15, 0.2) is 12.1 Å². The molecule has 0 aromatic carbocycles. The Labute approximate surface area is 138 Å². The van der Waals surface area contributed by atoms with E-state index in [4.69, 9.17) is 0 Å². The van der Waals surface area contributed by atoms with Gasteiger partial charge in [-0.05, 0) is 24.1 Å². The predicted molar refractivity (Wildman–Crippen MR) is 82.6 cm³/mol.